The molecule has 0 fully saturated rings. The monoisotopic (exact) mass is 1270 g/mol. The lowest BCUT2D eigenvalue weighted by Crippen LogP contribution is -2.01. The van der Waals surface area contributed by atoms with E-state index in [0.717, 1.165) is 43.6 Å². The van der Waals surface area contributed by atoms with Crippen molar-refractivity contribution in [3.8, 4) is 45.3 Å². The summed E-state index contributed by atoms with van der Waals surface area (Å²) in [5, 5.41) is 35.2. The summed E-state index contributed by atoms with van der Waals surface area (Å²) in [5.41, 5.74) is 8.72. The van der Waals surface area contributed by atoms with Gasteiger partial charge in [0, 0.05) is 95.3 Å². The van der Waals surface area contributed by atoms with Crippen molar-refractivity contribution in [1.29, 1.82) is 0 Å². The molecule has 6 N–H and O–H groups in total. The highest BCUT2D eigenvalue weighted by molar-refractivity contribution is 7.15. The van der Waals surface area contributed by atoms with Crippen molar-refractivity contribution in [2.45, 2.75) is 6.92 Å². The molecule has 16 rings (SSSR count). The summed E-state index contributed by atoms with van der Waals surface area (Å²) < 4.78 is 9.73. The molecule has 0 amide bonds. The minimum atomic E-state index is -0.493. The highest BCUT2D eigenvalue weighted by Crippen LogP contribution is 2.31. The second kappa shape index (κ2) is 25.0. The number of ketones is 4. The maximum Gasteiger partial charge on any atom is 0.357 e. The molecule has 0 aliphatic rings. The molecule has 16 aromatic rings. The van der Waals surface area contributed by atoms with Gasteiger partial charge in [-0.1, -0.05) is 72.8 Å². The Balaban J connectivity index is 0.000000109. The highest BCUT2D eigenvalue weighted by Gasteiger charge is 2.24. The maximum absolute atomic E-state index is 12.8. The third-order valence-corrected chi connectivity index (χ3v) is 17.5. The number of ether oxygens (including phenoxy) is 1. The fraction of sp³-hybridized carbons (Fsp3) is 0.0333. The van der Waals surface area contributed by atoms with Gasteiger partial charge in [-0.2, -0.15) is 10.2 Å². The summed E-state index contributed by atoms with van der Waals surface area (Å²) in [7, 11) is 1.31. The summed E-state index contributed by atoms with van der Waals surface area (Å²) >= 11 is 6.41. The largest absolute Gasteiger partial charge is 0.464 e. The van der Waals surface area contributed by atoms with Crippen LogP contribution in [0, 0.1) is 6.92 Å². The van der Waals surface area contributed by atoms with Gasteiger partial charge in [0.1, 0.15) is 39.9 Å². The first-order chi connectivity index (χ1) is 43.5. The molecule has 0 unspecified atom stereocenters. The number of nitrogens with zero attached hydrogens (tertiary/aromatic N) is 11. The molecule has 0 aliphatic carbocycles. The van der Waals surface area contributed by atoms with Crippen molar-refractivity contribution >= 4 is 129 Å². The minimum Gasteiger partial charge on any atom is -0.464 e. The van der Waals surface area contributed by atoms with Gasteiger partial charge in [-0.25, -0.2) is 39.7 Å². The van der Waals surface area contributed by atoms with Gasteiger partial charge in [-0.05, 0) is 31.2 Å². The topological polar surface area (TPSA) is 344 Å². The average Bonchev–Trinajstić information content (AvgIpc) is 2.02. The van der Waals surface area contributed by atoms with Crippen LogP contribution in [0.5, 0.6) is 0 Å². The molecule has 436 valence electrons. The Morgan fingerprint density at radius 3 is 1.36 bits per heavy atom. The second-order valence-corrected chi connectivity index (χ2v) is 23.1. The smallest absolute Gasteiger partial charge is 0.357 e. The molecule has 4 aromatic carbocycles. The number of hydrogen-bond donors (Lipinski definition) is 6. The predicted molar refractivity (Wildman–Crippen MR) is 337 cm³/mol. The van der Waals surface area contributed by atoms with E-state index in [-0.39, 0.29) is 28.8 Å². The number of rotatable bonds is 13. The van der Waals surface area contributed by atoms with Crippen LogP contribution in [-0.2, 0) is 4.74 Å². The number of fused-ring (bicyclic) bond motifs is 4. The number of para-hydroxylation sites is 4. The summed E-state index contributed by atoms with van der Waals surface area (Å²) in [4.78, 5) is 104. The zero-order chi connectivity index (χ0) is 61.0. The molecule has 0 saturated carbocycles. The van der Waals surface area contributed by atoms with Gasteiger partial charge < -0.3 is 29.1 Å². The van der Waals surface area contributed by atoms with E-state index >= 15 is 0 Å². The lowest BCUT2D eigenvalue weighted by atomic mass is 10.1. The van der Waals surface area contributed by atoms with E-state index in [1.165, 1.54) is 76.5 Å². The third-order valence-electron chi connectivity index (χ3n) is 13.3. The van der Waals surface area contributed by atoms with E-state index in [9.17, 15) is 24.0 Å². The highest BCUT2D eigenvalue weighted by atomic mass is 32.1. The zero-order valence-corrected chi connectivity index (χ0v) is 50.0. The molecule has 29 heteroatoms. The summed E-state index contributed by atoms with van der Waals surface area (Å²) in [6.45, 7) is 1.82. The first kappa shape index (κ1) is 56.9. The molecular formula is C60H39N17O7S5. The van der Waals surface area contributed by atoms with Crippen molar-refractivity contribution in [3.63, 3.8) is 0 Å². The number of hydrogen-bond acceptors (Lipinski definition) is 23. The van der Waals surface area contributed by atoms with Crippen molar-refractivity contribution in [2.24, 2.45) is 0 Å². The standard InChI is InChI=1S/C17H11N3O3S2.C15H11N5OS.C14H9N5OS.C14H8N4O2S/c1-23-17(22)13-8-24-15(20-13)12-7-25-16(19-12)14(21)10-6-18-11-5-3-2-4-9(10)11;1-8-17-14(20-19-8)12-7-22-15(18-12)13(21)10-6-16-11-5-3-2-4-9(10)11;20-12(9-5-15-10-4-2-1-3-8(9)10)14-18-11(6-21-14)13-16-7-17-19-13;19-12(9-5-15-10-4-2-1-3-8(9)10)14-17-11(6-21-14)13-18-16-7-20-13/h2-8,18H,1H3;2-7,16H,1H3,(H,17,19,20);1-7,15H,(H,16,17,19);1-7,15H. The Hall–Kier alpha value is -11.2. The Morgan fingerprint density at radius 2 is 0.921 bits per heavy atom. The molecular weight excluding hydrogens is 1230 g/mol. The first-order valence-corrected chi connectivity index (χ1v) is 30.8. The second-order valence-electron chi connectivity index (χ2n) is 18.8. The predicted octanol–water partition coefficient (Wildman–Crippen LogP) is 12.3. The summed E-state index contributed by atoms with van der Waals surface area (Å²) in [5.74, 6) is 1.14. The van der Waals surface area contributed by atoms with E-state index < -0.39 is 5.97 Å². The third kappa shape index (κ3) is 11.8. The number of carbonyl (C=O) groups excluding carboxylic acids is 5. The molecule has 89 heavy (non-hydrogen) atoms. The van der Waals surface area contributed by atoms with E-state index in [2.05, 4.69) is 90.2 Å². The van der Waals surface area contributed by atoms with Crippen molar-refractivity contribution in [2.75, 3.05) is 7.11 Å². The van der Waals surface area contributed by atoms with Gasteiger partial charge >= 0.3 is 5.97 Å². The number of carbonyl (C=O) groups is 5. The number of benzene rings is 4. The van der Waals surface area contributed by atoms with Gasteiger partial charge in [0.2, 0.25) is 35.4 Å². The summed E-state index contributed by atoms with van der Waals surface area (Å²) in [6, 6.07) is 30.7. The molecule has 0 aliphatic heterocycles. The van der Waals surface area contributed by atoms with Crippen LogP contribution in [0.15, 0.2) is 166 Å². The molecule has 0 saturated heterocycles. The molecule has 0 atom stereocenters. The number of thiazole rings is 5. The van der Waals surface area contributed by atoms with E-state index in [1.54, 1.807) is 51.7 Å². The summed E-state index contributed by atoms with van der Waals surface area (Å²) in [6.07, 6.45) is 9.51. The number of aromatic nitrogens is 17. The van der Waals surface area contributed by atoms with Crippen molar-refractivity contribution < 1.29 is 33.1 Å². The van der Waals surface area contributed by atoms with Gasteiger partial charge in [-0.3, -0.25) is 29.4 Å². The van der Waals surface area contributed by atoms with E-state index in [1.807, 2.05) is 104 Å². The molecule has 0 bridgehead atoms. The lowest BCUT2D eigenvalue weighted by Gasteiger charge is -1.95. The fourth-order valence-electron chi connectivity index (χ4n) is 9.08. The fourth-order valence-corrected chi connectivity index (χ4v) is 12.9. The number of nitrogens with one attached hydrogen (secondary N) is 6. The Labute approximate surface area is 519 Å². The van der Waals surface area contributed by atoms with Crippen LogP contribution in [-0.4, -0.2) is 122 Å². The van der Waals surface area contributed by atoms with E-state index in [4.69, 9.17) is 4.42 Å². The molecule has 12 heterocycles. The van der Waals surface area contributed by atoms with Crippen molar-refractivity contribution in [1.82, 2.24) is 85.4 Å². The van der Waals surface area contributed by atoms with Crippen molar-refractivity contribution in [3.05, 3.63) is 215 Å². The van der Waals surface area contributed by atoms with Crippen LogP contribution >= 0.6 is 56.7 Å². The van der Waals surface area contributed by atoms with Gasteiger partial charge in [0.25, 0.3) is 5.89 Å². The molecule has 24 nitrogen and oxygen atoms in total. The number of esters is 1. The van der Waals surface area contributed by atoms with Gasteiger partial charge in [0.05, 0.1) is 29.4 Å². The Morgan fingerprint density at radius 1 is 0.483 bits per heavy atom. The number of aryl methyl sites for hydroxylation is 1. The number of H-pyrrole nitrogens is 6. The molecule has 12 aromatic heterocycles. The number of methoxy groups -OCH3 is 1. The molecule has 0 spiro atoms. The Bertz CT molecular complexity index is 5050. The lowest BCUT2D eigenvalue weighted by molar-refractivity contribution is 0.0594. The van der Waals surface area contributed by atoms with Crippen LogP contribution in [0.1, 0.15) is 77.8 Å². The van der Waals surface area contributed by atoms with E-state index in [0.29, 0.717) is 93.4 Å². The van der Waals surface area contributed by atoms with Gasteiger partial charge in [0.15, 0.2) is 31.5 Å². The van der Waals surface area contributed by atoms with Crippen LogP contribution in [0.2, 0.25) is 0 Å². The SMILES string of the molecule is COC(=O)c1csc(-c2csc(C(=O)c3c[nH]c4ccccc34)n2)n1.Cc1nc(-c2csc(C(=O)c3c[nH]c4ccccc34)n2)n[nH]1.O=C(c1nc(-c2ncn[nH]2)cs1)c1c[nH]c2ccccc12.O=C(c1nc(-c2nnco2)cs1)c1c[nH]c2ccccc12. The minimum absolute atomic E-state index is 0.0942. The first-order valence-electron chi connectivity index (χ1n) is 26.4. The average molecular weight is 1270 g/mol. The normalized spacial score (nSPS) is 11.0. The van der Waals surface area contributed by atoms with Crippen LogP contribution in [0.3, 0.4) is 0 Å². The number of aromatic amines is 6. The maximum atomic E-state index is 12.8. The van der Waals surface area contributed by atoms with Crippen LogP contribution in [0.25, 0.3) is 88.9 Å². The zero-order valence-electron chi connectivity index (χ0n) is 45.9. The van der Waals surface area contributed by atoms with Crippen LogP contribution < -0.4 is 0 Å². The van der Waals surface area contributed by atoms with Crippen LogP contribution in [0.4, 0.5) is 0 Å². The molecule has 0 radical (unpaired) electrons. The Kier molecular flexibility index (Phi) is 16.0. The van der Waals surface area contributed by atoms with Gasteiger partial charge in [-0.15, -0.1) is 66.9 Å². The quantitative estimate of drug-likeness (QED) is 0.0461.